The number of nitrogens with zero attached hydrogens (tertiary/aromatic N) is 2. The minimum absolute atomic E-state index is 0.405. The maximum Gasteiger partial charge on any atom is 0.405 e. The molecule has 8 heteroatoms. The topological polar surface area (TPSA) is 93.4 Å². The van der Waals surface area contributed by atoms with Gasteiger partial charge in [-0.2, -0.15) is 5.26 Å². The van der Waals surface area contributed by atoms with Gasteiger partial charge in [0, 0.05) is 6.42 Å². The summed E-state index contributed by atoms with van der Waals surface area (Å²) in [4.78, 5) is 23.5. The molecule has 1 saturated heterocycles. The Labute approximate surface area is 109 Å². The maximum atomic E-state index is 13.2. The number of carbonyl (C=O) groups excluding carboxylic acids is 1. The van der Waals surface area contributed by atoms with Gasteiger partial charge in [0.15, 0.2) is 0 Å². The van der Waals surface area contributed by atoms with E-state index in [1.807, 2.05) is 5.32 Å². The number of nitriles is 1. The third-order valence-corrected chi connectivity index (χ3v) is 2.91. The zero-order chi connectivity index (χ0) is 14.8. The number of carbonyl (C=O) groups is 2. The van der Waals surface area contributed by atoms with Crippen LogP contribution in [0.1, 0.15) is 20.3 Å². The minimum atomic E-state index is -3.11. The van der Waals surface area contributed by atoms with Gasteiger partial charge in [-0.1, -0.05) is 13.8 Å². The number of alkyl halides is 2. The average molecular weight is 275 g/mol. The van der Waals surface area contributed by atoms with Crippen LogP contribution in [0.3, 0.4) is 0 Å². The molecule has 2 atom stereocenters. The van der Waals surface area contributed by atoms with Gasteiger partial charge in [-0.05, 0) is 5.92 Å². The van der Waals surface area contributed by atoms with Crippen molar-refractivity contribution in [2.24, 2.45) is 5.92 Å². The first-order chi connectivity index (χ1) is 8.68. The molecule has 0 radical (unpaired) electrons. The fraction of sp³-hybridized carbons (Fsp3) is 0.727. The average Bonchev–Trinajstić information content (AvgIpc) is 2.60. The lowest BCUT2D eigenvalue weighted by Crippen LogP contribution is -2.52. The van der Waals surface area contributed by atoms with Crippen LogP contribution in [0.25, 0.3) is 0 Å². The van der Waals surface area contributed by atoms with Crippen molar-refractivity contribution in [1.29, 1.82) is 5.26 Å². The van der Waals surface area contributed by atoms with Gasteiger partial charge < -0.3 is 15.3 Å². The number of rotatable bonds is 3. The molecular formula is C11H15F2N3O3. The van der Waals surface area contributed by atoms with E-state index >= 15 is 0 Å². The van der Waals surface area contributed by atoms with E-state index < -0.39 is 48.9 Å². The molecule has 0 bridgehead atoms. The monoisotopic (exact) mass is 275 g/mol. The van der Waals surface area contributed by atoms with Gasteiger partial charge >= 0.3 is 6.09 Å². The normalized spacial score (nSPS) is 22.9. The Morgan fingerprint density at radius 2 is 2.11 bits per heavy atom. The van der Waals surface area contributed by atoms with Gasteiger partial charge in [0.2, 0.25) is 5.91 Å². The van der Waals surface area contributed by atoms with Gasteiger partial charge in [0.25, 0.3) is 5.92 Å². The van der Waals surface area contributed by atoms with Crippen molar-refractivity contribution in [3.63, 3.8) is 0 Å². The summed E-state index contributed by atoms with van der Waals surface area (Å²) in [6.07, 6.45) is -2.13. The summed E-state index contributed by atoms with van der Waals surface area (Å²) < 4.78 is 26.5. The van der Waals surface area contributed by atoms with Crippen molar-refractivity contribution in [3.05, 3.63) is 0 Å². The van der Waals surface area contributed by atoms with Crippen molar-refractivity contribution in [3.8, 4) is 6.07 Å². The van der Waals surface area contributed by atoms with E-state index in [4.69, 9.17) is 10.4 Å². The first kappa shape index (κ1) is 15.1. The molecule has 19 heavy (non-hydrogen) atoms. The van der Waals surface area contributed by atoms with Crippen molar-refractivity contribution < 1.29 is 23.5 Å². The number of amides is 2. The SMILES string of the molecule is CC(C)[C@@H](NC(=O)O)C(=O)N1CC(F)(F)C[C@H]1C#N. The standard InChI is InChI=1S/C11H15F2N3O3/c1-6(2)8(15-10(18)19)9(17)16-5-11(12,13)3-7(16)4-14/h6-8,15H,3,5H2,1-2H3,(H,18,19)/t7-,8+/m0/s1. The molecule has 1 aliphatic heterocycles. The lowest BCUT2D eigenvalue weighted by Gasteiger charge is -2.27. The van der Waals surface area contributed by atoms with Gasteiger partial charge in [-0.15, -0.1) is 0 Å². The number of carboxylic acid groups (broad SMARTS) is 1. The second-order valence-electron chi connectivity index (χ2n) is 4.84. The number of nitrogens with one attached hydrogen (secondary N) is 1. The lowest BCUT2D eigenvalue weighted by molar-refractivity contribution is -0.135. The van der Waals surface area contributed by atoms with E-state index in [0.717, 1.165) is 4.90 Å². The first-order valence-corrected chi connectivity index (χ1v) is 5.75. The maximum absolute atomic E-state index is 13.2. The minimum Gasteiger partial charge on any atom is -0.465 e. The Morgan fingerprint density at radius 1 is 1.53 bits per heavy atom. The number of likely N-dealkylation sites (tertiary alicyclic amines) is 1. The molecule has 0 spiro atoms. The van der Waals surface area contributed by atoms with E-state index in [0.29, 0.717) is 0 Å². The zero-order valence-electron chi connectivity index (χ0n) is 10.6. The van der Waals surface area contributed by atoms with Gasteiger partial charge in [-0.3, -0.25) is 4.79 Å². The molecule has 2 amide bonds. The molecule has 0 unspecified atom stereocenters. The summed E-state index contributed by atoms with van der Waals surface area (Å²) in [6.45, 7) is 2.33. The van der Waals surface area contributed by atoms with E-state index in [-0.39, 0.29) is 0 Å². The predicted molar refractivity (Wildman–Crippen MR) is 60.5 cm³/mol. The molecule has 1 fully saturated rings. The van der Waals surface area contributed by atoms with E-state index in [2.05, 4.69) is 0 Å². The second kappa shape index (κ2) is 5.38. The summed E-state index contributed by atoms with van der Waals surface area (Å²) in [5, 5.41) is 19.5. The summed E-state index contributed by atoms with van der Waals surface area (Å²) in [5.74, 6) is -4.31. The van der Waals surface area contributed by atoms with Crippen LogP contribution in [0.4, 0.5) is 13.6 Å². The molecule has 0 aromatic carbocycles. The van der Waals surface area contributed by atoms with Crippen LogP contribution in [-0.4, -0.2) is 46.6 Å². The fourth-order valence-corrected chi connectivity index (χ4v) is 1.99. The number of hydrogen-bond acceptors (Lipinski definition) is 3. The summed E-state index contributed by atoms with van der Waals surface area (Å²) in [5.41, 5.74) is 0. The molecule has 0 aromatic rings. The highest BCUT2D eigenvalue weighted by atomic mass is 19.3. The Morgan fingerprint density at radius 3 is 2.53 bits per heavy atom. The molecule has 6 nitrogen and oxygen atoms in total. The highest BCUT2D eigenvalue weighted by Gasteiger charge is 2.48. The molecule has 1 heterocycles. The van der Waals surface area contributed by atoms with Crippen molar-refractivity contribution in [1.82, 2.24) is 10.2 Å². The van der Waals surface area contributed by atoms with E-state index in [9.17, 15) is 18.4 Å². The third kappa shape index (κ3) is 3.53. The molecule has 0 saturated carbocycles. The Kier molecular flexibility index (Phi) is 4.29. The molecule has 106 valence electrons. The van der Waals surface area contributed by atoms with Crippen molar-refractivity contribution in [2.45, 2.75) is 38.3 Å². The summed E-state index contributed by atoms with van der Waals surface area (Å²) >= 11 is 0. The quantitative estimate of drug-likeness (QED) is 0.804. The fourth-order valence-electron chi connectivity index (χ4n) is 1.99. The molecular weight excluding hydrogens is 260 g/mol. The van der Waals surface area contributed by atoms with Crippen LogP contribution in [0.15, 0.2) is 0 Å². The van der Waals surface area contributed by atoms with E-state index in [1.54, 1.807) is 19.9 Å². The first-order valence-electron chi connectivity index (χ1n) is 5.75. The highest BCUT2D eigenvalue weighted by Crippen LogP contribution is 2.32. The van der Waals surface area contributed by atoms with Crippen LogP contribution < -0.4 is 5.32 Å². The zero-order valence-corrected chi connectivity index (χ0v) is 10.6. The van der Waals surface area contributed by atoms with Gasteiger partial charge in [0.05, 0.1) is 12.6 Å². The largest absolute Gasteiger partial charge is 0.465 e. The summed E-state index contributed by atoms with van der Waals surface area (Å²) in [6, 6.07) is -0.712. The van der Waals surface area contributed by atoms with Crippen LogP contribution in [0, 0.1) is 17.2 Å². The van der Waals surface area contributed by atoms with Gasteiger partial charge in [0.1, 0.15) is 12.1 Å². The smallest absolute Gasteiger partial charge is 0.405 e. The third-order valence-electron chi connectivity index (χ3n) is 2.91. The molecule has 1 rings (SSSR count). The second-order valence-corrected chi connectivity index (χ2v) is 4.84. The van der Waals surface area contributed by atoms with Crippen molar-refractivity contribution >= 4 is 12.0 Å². The Balaban J connectivity index is 2.91. The molecule has 0 aliphatic carbocycles. The van der Waals surface area contributed by atoms with E-state index in [1.165, 1.54) is 0 Å². The number of halogens is 2. The van der Waals surface area contributed by atoms with Gasteiger partial charge in [-0.25, -0.2) is 13.6 Å². The van der Waals surface area contributed by atoms with Crippen LogP contribution in [-0.2, 0) is 4.79 Å². The van der Waals surface area contributed by atoms with Crippen LogP contribution in [0.5, 0.6) is 0 Å². The summed E-state index contributed by atoms with van der Waals surface area (Å²) in [7, 11) is 0. The molecule has 2 N–H and O–H groups in total. The van der Waals surface area contributed by atoms with Crippen molar-refractivity contribution in [2.75, 3.05) is 6.54 Å². The van der Waals surface area contributed by atoms with Crippen LogP contribution in [0.2, 0.25) is 0 Å². The molecule has 0 aromatic heterocycles. The Hall–Kier alpha value is -1.91. The number of hydrogen-bond donors (Lipinski definition) is 2. The van der Waals surface area contributed by atoms with Crippen LogP contribution >= 0.6 is 0 Å². The highest BCUT2D eigenvalue weighted by molar-refractivity contribution is 5.86. The predicted octanol–water partition coefficient (Wildman–Crippen LogP) is 1.04. The molecule has 1 aliphatic rings. The Bertz CT molecular complexity index is 420. The lowest BCUT2D eigenvalue weighted by atomic mass is 10.0.